The van der Waals surface area contributed by atoms with Crippen molar-refractivity contribution in [2.24, 2.45) is 0 Å². The average Bonchev–Trinajstić information content (AvgIpc) is 2.34. The third-order valence-electron chi connectivity index (χ3n) is 2.97. The van der Waals surface area contributed by atoms with E-state index in [2.05, 4.69) is 5.92 Å². The minimum absolute atomic E-state index is 0.210. The number of hydrogen-bond acceptors (Lipinski definition) is 2. The Bertz CT molecular complexity index is 513. The van der Waals surface area contributed by atoms with Crippen LogP contribution in [0.25, 0.3) is 0 Å². The van der Waals surface area contributed by atoms with Gasteiger partial charge in [0.2, 0.25) is 5.91 Å². The Balaban J connectivity index is 2.44. The minimum Gasteiger partial charge on any atom is -0.274 e. The summed E-state index contributed by atoms with van der Waals surface area (Å²) in [4.78, 5) is 25.3. The number of benzene rings is 1. The van der Waals surface area contributed by atoms with Gasteiger partial charge < -0.3 is 0 Å². The number of carbonyl (C=O) groups is 2. The fourth-order valence-corrected chi connectivity index (χ4v) is 2.06. The molecule has 0 aliphatic carbocycles. The highest BCUT2D eigenvalue weighted by Crippen LogP contribution is 2.22. The van der Waals surface area contributed by atoms with Crippen LogP contribution < -0.4 is 0 Å². The Labute approximate surface area is 100 Å². The second-order valence-corrected chi connectivity index (χ2v) is 3.99. The van der Waals surface area contributed by atoms with Gasteiger partial charge in [0.15, 0.2) is 0 Å². The Hall–Kier alpha value is -2.08. The normalized spacial score (nSPS) is 16.4. The van der Waals surface area contributed by atoms with Crippen LogP contribution in [0.2, 0.25) is 0 Å². The molecule has 0 fully saturated rings. The SMILES string of the molecule is C#CC(CC)N1C(=O)Cc2ccccc2C1=O. The van der Waals surface area contributed by atoms with E-state index in [1.807, 2.05) is 13.0 Å². The maximum absolute atomic E-state index is 12.2. The Morgan fingerprint density at radius 3 is 2.76 bits per heavy atom. The summed E-state index contributed by atoms with van der Waals surface area (Å²) >= 11 is 0. The van der Waals surface area contributed by atoms with Crippen LogP contribution in [0, 0.1) is 12.3 Å². The van der Waals surface area contributed by atoms with Gasteiger partial charge in [-0.1, -0.05) is 31.0 Å². The largest absolute Gasteiger partial charge is 0.274 e. The highest BCUT2D eigenvalue weighted by Gasteiger charge is 2.34. The summed E-state index contributed by atoms with van der Waals surface area (Å²) in [6.45, 7) is 1.87. The number of carbonyl (C=O) groups excluding carboxylic acids is 2. The summed E-state index contributed by atoms with van der Waals surface area (Å²) in [7, 11) is 0. The maximum Gasteiger partial charge on any atom is 0.261 e. The molecule has 1 atom stereocenters. The van der Waals surface area contributed by atoms with E-state index in [4.69, 9.17) is 6.42 Å². The van der Waals surface area contributed by atoms with Crippen molar-refractivity contribution in [2.45, 2.75) is 25.8 Å². The van der Waals surface area contributed by atoms with Gasteiger partial charge in [-0.15, -0.1) is 6.42 Å². The molecule has 2 amide bonds. The van der Waals surface area contributed by atoms with E-state index in [9.17, 15) is 9.59 Å². The molecule has 3 nitrogen and oxygen atoms in total. The first-order chi connectivity index (χ1) is 8.19. The van der Waals surface area contributed by atoms with Crippen molar-refractivity contribution >= 4 is 11.8 Å². The summed E-state index contributed by atoms with van der Waals surface area (Å²) in [5.74, 6) is 2.01. The van der Waals surface area contributed by atoms with Crippen molar-refractivity contribution in [1.29, 1.82) is 0 Å². The van der Waals surface area contributed by atoms with E-state index >= 15 is 0 Å². The number of terminal acetylenes is 1. The van der Waals surface area contributed by atoms with Gasteiger partial charge in [-0.3, -0.25) is 14.5 Å². The lowest BCUT2D eigenvalue weighted by molar-refractivity contribution is -0.129. The maximum atomic E-state index is 12.2. The lowest BCUT2D eigenvalue weighted by atomic mass is 9.97. The molecule has 0 radical (unpaired) electrons. The predicted octanol–water partition coefficient (Wildman–Crippen LogP) is 1.62. The van der Waals surface area contributed by atoms with Crippen molar-refractivity contribution in [3.63, 3.8) is 0 Å². The number of nitrogens with zero attached hydrogens (tertiary/aromatic N) is 1. The number of imide groups is 1. The van der Waals surface area contributed by atoms with Crippen LogP contribution >= 0.6 is 0 Å². The molecule has 0 saturated heterocycles. The average molecular weight is 227 g/mol. The van der Waals surface area contributed by atoms with Crippen molar-refractivity contribution in [1.82, 2.24) is 4.90 Å². The van der Waals surface area contributed by atoms with Gasteiger partial charge in [-0.2, -0.15) is 0 Å². The first-order valence-electron chi connectivity index (χ1n) is 5.59. The van der Waals surface area contributed by atoms with Crippen LogP contribution in [0.15, 0.2) is 24.3 Å². The van der Waals surface area contributed by atoms with E-state index in [-0.39, 0.29) is 18.2 Å². The van der Waals surface area contributed by atoms with Crippen LogP contribution in [-0.4, -0.2) is 22.8 Å². The molecule has 0 aromatic heterocycles. The molecule has 3 heteroatoms. The molecule has 0 bridgehead atoms. The summed E-state index contributed by atoms with van der Waals surface area (Å²) in [5.41, 5.74) is 1.37. The van der Waals surface area contributed by atoms with Gasteiger partial charge in [0, 0.05) is 5.56 Å². The van der Waals surface area contributed by atoms with Gasteiger partial charge in [0.1, 0.15) is 6.04 Å². The predicted molar refractivity (Wildman–Crippen MR) is 64.2 cm³/mol. The number of fused-ring (bicyclic) bond motifs is 1. The van der Waals surface area contributed by atoms with E-state index in [1.54, 1.807) is 18.2 Å². The number of rotatable bonds is 2. The zero-order valence-corrected chi connectivity index (χ0v) is 9.64. The lowest BCUT2D eigenvalue weighted by Gasteiger charge is -2.30. The molecule has 1 aromatic carbocycles. The molecule has 86 valence electrons. The zero-order chi connectivity index (χ0) is 12.4. The third kappa shape index (κ3) is 1.83. The highest BCUT2D eigenvalue weighted by molar-refractivity contribution is 6.10. The molecule has 1 heterocycles. The summed E-state index contributed by atoms with van der Waals surface area (Å²) in [5, 5.41) is 0. The fourth-order valence-electron chi connectivity index (χ4n) is 2.06. The number of amides is 2. The van der Waals surface area contributed by atoms with E-state index < -0.39 is 6.04 Å². The van der Waals surface area contributed by atoms with Crippen LogP contribution in [0.3, 0.4) is 0 Å². The second kappa shape index (κ2) is 4.42. The van der Waals surface area contributed by atoms with Crippen molar-refractivity contribution in [3.05, 3.63) is 35.4 Å². The molecule has 1 aliphatic heterocycles. The minimum atomic E-state index is -0.441. The molecular weight excluding hydrogens is 214 g/mol. The van der Waals surface area contributed by atoms with E-state index in [0.29, 0.717) is 12.0 Å². The molecule has 1 aromatic rings. The van der Waals surface area contributed by atoms with E-state index in [0.717, 1.165) is 5.56 Å². The molecule has 0 saturated carbocycles. The molecule has 0 N–H and O–H groups in total. The first kappa shape index (κ1) is 11.4. The lowest BCUT2D eigenvalue weighted by Crippen LogP contribution is -2.47. The van der Waals surface area contributed by atoms with Crippen LogP contribution in [0.4, 0.5) is 0 Å². The molecule has 2 rings (SSSR count). The van der Waals surface area contributed by atoms with E-state index in [1.165, 1.54) is 4.90 Å². The van der Waals surface area contributed by atoms with Gasteiger partial charge in [-0.05, 0) is 18.1 Å². The molecule has 1 aliphatic rings. The first-order valence-corrected chi connectivity index (χ1v) is 5.59. The molecule has 0 spiro atoms. The van der Waals surface area contributed by atoms with Gasteiger partial charge in [0.05, 0.1) is 6.42 Å². The van der Waals surface area contributed by atoms with Crippen molar-refractivity contribution < 1.29 is 9.59 Å². The Morgan fingerprint density at radius 1 is 1.41 bits per heavy atom. The molecule has 17 heavy (non-hydrogen) atoms. The number of hydrogen-bond donors (Lipinski definition) is 0. The zero-order valence-electron chi connectivity index (χ0n) is 9.64. The smallest absolute Gasteiger partial charge is 0.261 e. The molecule has 1 unspecified atom stereocenters. The molecular formula is C14H13NO2. The van der Waals surface area contributed by atoms with Crippen LogP contribution in [0.5, 0.6) is 0 Å². The topological polar surface area (TPSA) is 37.4 Å². The third-order valence-corrected chi connectivity index (χ3v) is 2.97. The van der Waals surface area contributed by atoms with Gasteiger partial charge in [0.25, 0.3) is 5.91 Å². The fraction of sp³-hybridized carbons (Fsp3) is 0.286. The van der Waals surface area contributed by atoms with Crippen molar-refractivity contribution in [2.75, 3.05) is 0 Å². The summed E-state index contributed by atoms with van der Waals surface area (Å²) < 4.78 is 0. The van der Waals surface area contributed by atoms with Crippen molar-refractivity contribution in [3.8, 4) is 12.3 Å². The second-order valence-electron chi connectivity index (χ2n) is 3.99. The Morgan fingerprint density at radius 2 is 2.12 bits per heavy atom. The summed E-state index contributed by atoms with van der Waals surface area (Å²) in [6, 6.07) is 6.72. The summed E-state index contributed by atoms with van der Waals surface area (Å²) in [6.07, 6.45) is 6.19. The van der Waals surface area contributed by atoms with Crippen LogP contribution in [0.1, 0.15) is 29.3 Å². The quantitative estimate of drug-likeness (QED) is 0.568. The van der Waals surface area contributed by atoms with Crippen LogP contribution in [-0.2, 0) is 11.2 Å². The monoisotopic (exact) mass is 227 g/mol. The van der Waals surface area contributed by atoms with Gasteiger partial charge >= 0.3 is 0 Å². The highest BCUT2D eigenvalue weighted by atomic mass is 16.2. The van der Waals surface area contributed by atoms with Gasteiger partial charge in [-0.25, -0.2) is 0 Å². The standard InChI is InChI=1S/C14H13NO2/c1-3-11(4-2)15-13(16)9-10-7-5-6-8-12(10)14(15)17/h1,5-8,11H,4,9H2,2H3. The Kier molecular flexibility index (Phi) is 2.97.